The molecule has 0 amide bonds. The van der Waals surface area contributed by atoms with Crippen molar-refractivity contribution in [1.29, 1.82) is 0 Å². The standard InChI is InChI=1S/C15H29N3O2/c1-4-12-11-18(9-8-17(12)3)13-6-7-15(16,10-13)14(19)20-5-2/h12-13H,4-11,16H2,1-3H3. The third-order valence-electron chi connectivity index (χ3n) is 5.00. The highest BCUT2D eigenvalue weighted by Gasteiger charge is 2.45. The zero-order valence-electron chi connectivity index (χ0n) is 13.1. The zero-order valence-corrected chi connectivity index (χ0v) is 13.1. The van der Waals surface area contributed by atoms with E-state index in [0.29, 0.717) is 18.7 Å². The lowest BCUT2D eigenvalue weighted by Crippen LogP contribution is -2.55. The summed E-state index contributed by atoms with van der Waals surface area (Å²) >= 11 is 0. The fourth-order valence-electron chi connectivity index (χ4n) is 3.56. The first kappa shape index (κ1) is 15.7. The van der Waals surface area contributed by atoms with Crippen LogP contribution in [0.2, 0.25) is 0 Å². The van der Waals surface area contributed by atoms with Gasteiger partial charge in [0.25, 0.3) is 0 Å². The fraction of sp³-hybridized carbons (Fsp3) is 0.933. The summed E-state index contributed by atoms with van der Waals surface area (Å²) in [5.41, 5.74) is 5.51. The summed E-state index contributed by atoms with van der Waals surface area (Å²) in [6, 6.07) is 1.06. The summed E-state index contributed by atoms with van der Waals surface area (Å²) in [6.45, 7) is 7.76. The number of rotatable bonds is 4. The van der Waals surface area contributed by atoms with Gasteiger partial charge in [0, 0.05) is 31.7 Å². The topological polar surface area (TPSA) is 58.8 Å². The molecule has 2 N–H and O–H groups in total. The number of hydrogen-bond acceptors (Lipinski definition) is 5. The number of nitrogens with two attached hydrogens (primary N) is 1. The normalized spacial score (nSPS) is 36.2. The molecule has 116 valence electrons. The minimum absolute atomic E-state index is 0.219. The molecule has 5 nitrogen and oxygen atoms in total. The van der Waals surface area contributed by atoms with Crippen molar-refractivity contribution in [2.24, 2.45) is 5.73 Å². The predicted molar refractivity (Wildman–Crippen MR) is 79.5 cm³/mol. The van der Waals surface area contributed by atoms with Crippen LogP contribution in [0.1, 0.15) is 39.5 Å². The van der Waals surface area contributed by atoms with Crippen LogP contribution >= 0.6 is 0 Å². The van der Waals surface area contributed by atoms with Gasteiger partial charge >= 0.3 is 5.97 Å². The lowest BCUT2D eigenvalue weighted by Gasteiger charge is -2.42. The van der Waals surface area contributed by atoms with Gasteiger partial charge in [-0.2, -0.15) is 0 Å². The van der Waals surface area contributed by atoms with Crippen LogP contribution in [0.25, 0.3) is 0 Å². The Morgan fingerprint density at radius 3 is 2.80 bits per heavy atom. The zero-order chi connectivity index (χ0) is 14.8. The molecule has 5 heteroatoms. The Morgan fingerprint density at radius 2 is 2.15 bits per heavy atom. The highest BCUT2D eigenvalue weighted by atomic mass is 16.5. The second-order valence-electron chi connectivity index (χ2n) is 6.31. The van der Waals surface area contributed by atoms with Gasteiger partial charge in [-0.05, 0) is 39.7 Å². The smallest absolute Gasteiger partial charge is 0.326 e. The van der Waals surface area contributed by atoms with Crippen LogP contribution in [0.15, 0.2) is 0 Å². The highest BCUT2D eigenvalue weighted by Crippen LogP contribution is 2.33. The molecule has 20 heavy (non-hydrogen) atoms. The maximum absolute atomic E-state index is 12.0. The summed E-state index contributed by atoms with van der Waals surface area (Å²) < 4.78 is 5.13. The first-order valence-electron chi connectivity index (χ1n) is 7.90. The van der Waals surface area contributed by atoms with Crippen molar-refractivity contribution in [2.75, 3.05) is 33.3 Å². The predicted octanol–water partition coefficient (Wildman–Crippen LogP) is 0.826. The third kappa shape index (κ3) is 3.15. The van der Waals surface area contributed by atoms with Crippen LogP contribution in [0.3, 0.4) is 0 Å². The van der Waals surface area contributed by atoms with Gasteiger partial charge in [0.05, 0.1) is 6.61 Å². The first-order valence-corrected chi connectivity index (χ1v) is 7.90. The average Bonchev–Trinajstić information content (AvgIpc) is 2.84. The molecule has 1 saturated carbocycles. The van der Waals surface area contributed by atoms with Gasteiger partial charge < -0.3 is 15.4 Å². The Balaban J connectivity index is 1.94. The molecule has 0 spiro atoms. The van der Waals surface area contributed by atoms with E-state index in [9.17, 15) is 4.79 Å². The van der Waals surface area contributed by atoms with Crippen molar-refractivity contribution >= 4 is 5.97 Å². The molecule has 0 radical (unpaired) electrons. The second kappa shape index (κ2) is 6.41. The number of carbonyl (C=O) groups excluding carboxylic acids is 1. The first-order chi connectivity index (χ1) is 9.50. The van der Waals surface area contributed by atoms with E-state index in [1.807, 2.05) is 6.92 Å². The van der Waals surface area contributed by atoms with E-state index >= 15 is 0 Å². The van der Waals surface area contributed by atoms with Crippen molar-refractivity contribution in [2.45, 2.75) is 57.2 Å². The van der Waals surface area contributed by atoms with E-state index in [4.69, 9.17) is 10.5 Å². The molecule has 2 aliphatic rings. The maximum Gasteiger partial charge on any atom is 0.326 e. The SMILES string of the molecule is CCOC(=O)C1(N)CCC(N2CCN(C)C(CC)C2)C1. The Morgan fingerprint density at radius 1 is 1.40 bits per heavy atom. The fourth-order valence-corrected chi connectivity index (χ4v) is 3.56. The van der Waals surface area contributed by atoms with Crippen LogP contribution in [0, 0.1) is 0 Å². The third-order valence-corrected chi connectivity index (χ3v) is 5.00. The highest BCUT2D eigenvalue weighted by molar-refractivity contribution is 5.81. The molecular formula is C15H29N3O2. The van der Waals surface area contributed by atoms with Crippen LogP contribution in [0.4, 0.5) is 0 Å². The van der Waals surface area contributed by atoms with Crippen molar-refractivity contribution in [3.63, 3.8) is 0 Å². The summed E-state index contributed by atoms with van der Waals surface area (Å²) in [5.74, 6) is -0.219. The van der Waals surface area contributed by atoms with Crippen molar-refractivity contribution < 1.29 is 9.53 Å². The molecule has 0 aromatic rings. The molecule has 2 fully saturated rings. The van der Waals surface area contributed by atoms with Gasteiger partial charge in [-0.1, -0.05) is 6.92 Å². The lowest BCUT2D eigenvalue weighted by molar-refractivity contribution is -0.149. The summed E-state index contributed by atoms with van der Waals surface area (Å²) in [5, 5.41) is 0. The van der Waals surface area contributed by atoms with Gasteiger partial charge in [0.15, 0.2) is 0 Å². The van der Waals surface area contributed by atoms with E-state index in [1.165, 1.54) is 6.42 Å². The van der Waals surface area contributed by atoms with E-state index in [0.717, 1.165) is 38.9 Å². The Labute approximate surface area is 122 Å². The van der Waals surface area contributed by atoms with Gasteiger partial charge in [-0.3, -0.25) is 9.69 Å². The van der Waals surface area contributed by atoms with Crippen LogP contribution in [-0.2, 0) is 9.53 Å². The largest absolute Gasteiger partial charge is 0.465 e. The van der Waals surface area contributed by atoms with Gasteiger partial charge in [0.2, 0.25) is 0 Å². The Hall–Kier alpha value is -0.650. The molecule has 1 aliphatic carbocycles. The number of piperazine rings is 1. The molecule has 0 bridgehead atoms. The summed E-state index contributed by atoms with van der Waals surface area (Å²) in [7, 11) is 2.20. The van der Waals surface area contributed by atoms with Crippen molar-refractivity contribution in [3.8, 4) is 0 Å². The molecule has 1 heterocycles. The van der Waals surface area contributed by atoms with E-state index in [1.54, 1.807) is 0 Å². The quantitative estimate of drug-likeness (QED) is 0.774. The number of nitrogens with zero attached hydrogens (tertiary/aromatic N) is 2. The minimum atomic E-state index is -0.758. The molecule has 2 rings (SSSR count). The van der Waals surface area contributed by atoms with Crippen LogP contribution in [0.5, 0.6) is 0 Å². The number of esters is 1. The average molecular weight is 283 g/mol. The molecule has 1 saturated heterocycles. The van der Waals surface area contributed by atoms with Gasteiger partial charge in [-0.25, -0.2) is 0 Å². The van der Waals surface area contributed by atoms with Crippen molar-refractivity contribution in [3.05, 3.63) is 0 Å². The number of hydrogen-bond donors (Lipinski definition) is 1. The van der Waals surface area contributed by atoms with Gasteiger partial charge in [-0.15, -0.1) is 0 Å². The number of ether oxygens (including phenoxy) is 1. The summed E-state index contributed by atoms with van der Waals surface area (Å²) in [4.78, 5) is 17.0. The molecular weight excluding hydrogens is 254 g/mol. The molecule has 1 aliphatic heterocycles. The minimum Gasteiger partial charge on any atom is -0.465 e. The maximum atomic E-state index is 12.0. The molecule has 3 atom stereocenters. The van der Waals surface area contributed by atoms with E-state index in [2.05, 4.69) is 23.8 Å². The van der Waals surface area contributed by atoms with E-state index in [-0.39, 0.29) is 5.97 Å². The summed E-state index contributed by atoms with van der Waals surface area (Å²) in [6.07, 6.45) is 3.67. The lowest BCUT2D eigenvalue weighted by atomic mass is 9.98. The molecule has 0 aromatic heterocycles. The van der Waals surface area contributed by atoms with Crippen LogP contribution < -0.4 is 5.73 Å². The van der Waals surface area contributed by atoms with Crippen LogP contribution in [-0.4, -0.2) is 66.7 Å². The van der Waals surface area contributed by atoms with Gasteiger partial charge in [0.1, 0.15) is 5.54 Å². The second-order valence-corrected chi connectivity index (χ2v) is 6.31. The Bertz CT molecular complexity index is 350. The monoisotopic (exact) mass is 283 g/mol. The van der Waals surface area contributed by atoms with Crippen molar-refractivity contribution in [1.82, 2.24) is 9.80 Å². The number of likely N-dealkylation sites (N-methyl/N-ethyl adjacent to an activating group) is 1. The molecule has 3 unspecified atom stereocenters. The van der Waals surface area contributed by atoms with E-state index < -0.39 is 5.54 Å². The molecule has 0 aromatic carbocycles. The Kier molecular flexibility index (Phi) is 5.04. The number of carbonyl (C=O) groups is 1.